The van der Waals surface area contributed by atoms with Crippen LogP contribution in [-0.4, -0.2) is 22.2 Å². The van der Waals surface area contributed by atoms with Gasteiger partial charge in [0.1, 0.15) is 11.5 Å². The van der Waals surface area contributed by atoms with Crippen molar-refractivity contribution in [2.75, 3.05) is 5.32 Å². The van der Waals surface area contributed by atoms with E-state index >= 15 is 0 Å². The summed E-state index contributed by atoms with van der Waals surface area (Å²) in [6.07, 6.45) is -0.846. The first kappa shape index (κ1) is 20.3. The van der Waals surface area contributed by atoms with E-state index in [1.165, 1.54) is 6.07 Å². The lowest BCUT2D eigenvalue weighted by atomic mass is 10.1. The molecule has 0 radical (unpaired) electrons. The molecule has 5 nitrogen and oxygen atoms in total. The Balaban J connectivity index is 1.99. The number of phenols is 1. The van der Waals surface area contributed by atoms with Crippen molar-refractivity contribution in [1.82, 2.24) is 5.32 Å². The Hall–Kier alpha value is -2.02. The van der Waals surface area contributed by atoms with Crippen LogP contribution in [0.5, 0.6) is 11.5 Å². The number of aromatic hydroxyl groups is 1. The Kier molecular flexibility index (Phi) is 6.69. The number of thiocarbonyl (C=S) groups is 1. The third-order valence-corrected chi connectivity index (χ3v) is 4.23. The van der Waals surface area contributed by atoms with E-state index in [1.54, 1.807) is 32.0 Å². The number of benzene rings is 2. The number of rotatable bonds is 4. The van der Waals surface area contributed by atoms with Gasteiger partial charge in [0, 0.05) is 5.02 Å². The summed E-state index contributed by atoms with van der Waals surface area (Å²) >= 11 is 17.0. The van der Waals surface area contributed by atoms with E-state index in [9.17, 15) is 9.90 Å². The number of nitrogens with one attached hydrogen (secondary N) is 2. The van der Waals surface area contributed by atoms with Gasteiger partial charge in [-0.1, -0.05) is 29.3 Å². The molecule has 2 rings (SSSR count). The van der Waals surface area contributed by atoms with Crippen molar-refractivity contribution in [2.45, 2.75) is 26.9 Å². The number of phenolic OH excluding ortho intramolecular Hbond substituents is 1. The molecule has 0 saturated heterocycles. The molecular formula is C18H18Cl2N2O3S. The third kappa shape index (κ3) is 5.24. The van der Waals surface area contributed by atoms with Gasteiger partial charge in [-0.05, 0) is 68.4 Å². The van der Waals surface area contributed by atoms with E-state index in [-0.39, 0.29) is 10.9 Å². The summed E-state index contributed by atoms with van der Waals surface area (Å²) in [6, 6.07) is 8.29. The van der Waals surface area contributed by atoms with Crippen LogP contribution in [-0.2, 0) is 4.79 Å². The second kappa shape index (κ2) is 8.58. The van der Waals surface area contributed by atoms with Gasteiger partial charge in [0.2, 0.25) is 0 Å². The maximum absolute atomic E-state index is 12.2. The largest absolute Gasteiger partial charge is 0.505 e. The van der Waals surface area contributed by atoms with E-state index in [2.05, 4.69) is 10.6 Å². The molecular weight excluding hydrogens is 395 g/mol. The highest BCUT2D eigenvalue weighted by Crippen LogP contribution is 2.29. The zero-order chi connectivity index (χ0) is 19.4. The minimum Gasteiger partial charge on any atom is -0.505 e. The highest BCUT2D eigenvalue weighted by molar-refractivity contribution is 7.80. The highest BCUT2D eigenvalue weighted by Gasteiger charge is 2.18. The van der Waals surface area contributed by atoms with Gasteiger partial charge in [-0.3, -0.25) is 10.1 Å². The molecule has 0 aliphatic carbocycles. The molecule has 0 heterocycles. The summed E-state index contributed by atoms with van der Waals surface area (Å²) in [5.41, 5.74) is 2.07. The second-order valence-corrected chi connectivity index (χ2v) is 7.01. The minimum atomic E-state index is -0.846. The molecule has 0 spiro atoms. The van der Waals surface area contributed by atoms with Crippen LogP contribution in [0, 0.1) is 13.8 Å². The van der Waals surface area contributed by atoms with Crippen LogP contribution in [0.1, 0.15) is 18.1 Å². The highest BCUT2D eigenvalue weighted by atomic mass is 35.5. The SMILES string of the molecule is Cc1cc(C)c(O)c(NC(=S)NC(=O)C(C)Oc2ccc(Cl)cc2Cl)c1. The van der Waals surface area contributed by atoms with Crippen LogP contribution in [0.25, 0.3) is 0 Å². The van der Waals surface area contributed by atoms with Crippen molar-refractivity contribution in [3.8, 4) is 11.5 Å². The predicted octanol–water partition coefficient (Wildman–Crippen LogP) is 4.60. The van der Waals surface area contributed by atoms with Crippen molar-refractivity contribution in [3.05, 3.63) is 51.5 Å². The molecule has 0 bridgehead atoms. The summed E-state index contributed by atoms with van der Waals surface area (Å²) in [4.78, 5) is 12.2. The minimum absolute atomic E-state index is 0.0490. The molecule has 8 heteroatoms. The Morgan fingerprint density at radius 3 is 2.58 bits per heavy atom. The van der Waals surface area contributed by atoms with Crippen molar-refractivity contribution in [2.24, 2.45) is 0 Å². The number of carbonyl (C=O) groups is 1. The van der Waals surface area contributed by atoms with Crippen LogP contribution in [0.15, 0.2) is 30.3 Å². The third-order valence-electron chi connectivity index (χ3n) is 3.50. The maximum atomic E-state index is 12.2. The Morgan fingerprint density at radius 2 is 1.92 bits per heavy atom. The van der Waals surface area contributed by atoms with Crippen molar-refractivity contribution in [1.29, 1.82) is 0 Å². The fourth-order valence-electron chi connectivity index (χ4n) is 2.24. The first-order valence-corrected chi connectivity index (χ1v) is 8.87. The van der Waals surface area contributed by atoms with Gasteiger partial charge in [0.25, 0.3) is 5.91 Å². The van der Waals surface area contributed by atoms with Crippen LogP contribution < -0.4 is 15.4 Å². The van der Waals surface area contributed by atoms with Crippen molar-refractivity contribution in [3.63, 3.8) is 0 Å². The summed E-state index contributed by atoms with van der Waals surface area (Å²) in [5, 5.41) is 16.2. The molecule has 26 heavy (non-hydrogen) atoms. The number of anilines is 1. The van der Waals surface area contributed by atoms with Gasteiger partial charge in [-0.2, -0.15) is 0 Å². The maximum Gasteiger partial charge on any atom is 0.266 e. The summed E-state index contributed by atoms with van der Waals surface area (Å²) < 4.78 is 5.54. The summed E-state index contributed by atoms with van der Waals surface area (Å²) in [6.45, 7) is 5.24. The topological polar surface area (TPSA) is 70.6 Å². The van der Waals surface area contributed by atoms with Crippen LogP contribution in [0.3, 0.4) is 0 Å². The zero-order valence-electron chi connectivity index (χ0n) is 14.4. The fraction of sp³-hybridized carbons (Fsp3) is 0.222. The normalized spacial score (nSPS) is 11.6. The van der Waals surface area contributed by atoms with Crippen molar-refractivity contribution >= 4 is 52.1 Å². The van der Waals surface area contributed by atoms with Crippen LogP contribution in [0.2, 0.25) is 10.0 Å². The molecule has 2 aromatic carbocycles. The number of aryl methyl sites for hydroxylation is 2. The smallest absolute Gasteiger partial charge is 0.266 e. The Bertz CT molecular complexity index is 859. The molecule has 1 unspecified atom stereocenters. The van der Waals surface area contributed by atoms with Crippen molar-refractivity contribution < 1.29 is 14.6 Å². The molecule has 0 aromatic heterocycles. The standard InChI is InChI=1S/C18H18Cl2N2O3S/c1-9-6-10(2)16(23)14(7-9)21-18(26)22-17(24)11(3)25-15-5-4-12(19)8-13(15)20/h4-8,11,23H,1-3H3,(H2,21,22,24,26). The number of ether oxygens (including phenoxy) is 1. The van der Waals surface area contributed by atoms with Gasteiger partial charge < -0.3 is 15.2 Å². The fourth-order valence-corrected chi connectivity index (χ4v) is 2.90. The second-order valence-electron chi connectivity index (χ2n) is 5.76. The first-order chi connectivity index (χ1) is 12.2. The lowest BCUT2D eigenvalue weighted by Gasteiger charge is -2.17. The monoisotopic (exact) mass is 412 g/mol. The van der Waals surface area contributed by atoms with E-state index in [0.29, 0.717) is 27.0 Å². The van der Waals surface area contributed by atoms with Gasteiger partial charge >= 0.3 is 0 Å². The van der Waals surface area contributed by atoms with E-state index in [0.717, 1.165) is 5.56 Å². The average molecular weight is 413 g/mol. The predicted molar refractivity (Wildman–Crippen MR) is 108 cm³/mol. The quantitative estimate of drug-likeness (QED) is 0.505. The summed E-state index contributed by atoms with van der Waals surface area (Å²) in [7, 11) is 0. The van der Waals surface area contributed by atoms with E-state index in [1.807, 2.05) is 13.0 Å². The molecule has 0 fully saturated rings. The van der Waals surface area contributed by atoms with Gasteiger partial charge in [-0.15, -0.1) is 0 Å². The molecule has 138 valence electrons. The van der Waals surface area contributed by atoms with Crippen LogP contribution >= 0.6 is 35.4 Å². The molecule has 1 atom stereocenters. The number of halogens is 2. The van der Waals surface area contributed by atoms with Gasteiger partial charge in [0.05, 0.1) is 10.7 Å². The molecule has 1 amide bonds. The van der Waals surface area contributed by atoms with Gasteiger partial charge in [-0.25, -0.2) is 0 Å². The molecule has 2 aromatic rings. The molecule has 3 N–H and O–H groups in total. The lowest BCUT2D eigenvalue weighted by Crippen LogP contribution is -2.42. The Labute approximate surface area is 167 Å². The van der Waals surface area contributed by atoms with Gasteiger partial charge in [0.15, 0.2) is 11.2 Å². The number of carbonyl (C=O) groups excluding carboxylic acids is 1. The van der Waals surface area contributed by atoms with Crippen LogP contribution in [0.4, 0.5) is 5.69 Å². The number of hydrogen-bond acceptors (Lipinski definition) is 4. The Morgan fingerprint density at radius 1 is 1.23 bits per heavy atom. The van der Waals surface area contributed by atoms with E-state index < -0.39 is 12.0 Å². The first-order valence-electron chi connectivity index (χ1n) is 7.71. The lowest BCUT2D eigenvalue weighted by molar-refractivity contribution is -0.125. The average Bonchev–Trinajstić information content (AvgIpc) is 2.54. The number of hydrogen-bond donors (Lipinski definition) is 3. The molecule has 0 saturated carbocycles. The molecule has 0 aliphatic rings. The molecule has 0 aliphatic heterocycles. The number of amides is 1. The summed E-state index contributed by atoms with van der Waals surface area (Å²) in [5.74, 6) is -0.0497. The zero-order valence-corrected chi connectivity index (χ0v) is 16.7. The van der Waals surface area contributed by atoms with E-state index in [4.69, 9.17) is 40.2 Å².